The minimum absolute atomic E-state index is 0.0263. The van der Waals surface area contributed by atoms with E-state index < -0.39 is 12.0 Å². The smallest absolute Gasteiger partial charge is 0.178 e. The van der Waals surface area contributed by atoms with Gasteiger partial charge in [-0.3, -0.25) is 9.69 Å². The van der Waals surface area contributed by atoms with Crippen molar-refractivity contribution in [1.29, 1.82) is 0 Å². The quantitative estimate of drug-likeness (QED) is 0.479. The Morgan fingerprint density at radius 3 is 2.42 bits per heavy atom. The van der Waals surface area contributed by atoms with Gasteiger partial charge in [0.15, 0.2) is 5.78 Å². The first-order valence-electron chi connectivity index (χ1n) is 12.4. The van der Waals surface area contributed by atoms with E-state index in [4.69, 9.17) is 14.2 Å². The Bertz CT molecular complexity index is 1220. The number of carbonyl (C=O) groups is 1. The molecule has 7 nitrogen and oxygen atoms in total. The van der Waals surface area contributed by atoms with Gasteiger partial charge in [0.1, 0.15) is 41.5 Å². The van der Waals surface area contributed by atoms with E-state index >= 15 is 0 Å². The molecule has 3 aromatic carbocycles. The van der Waals surface area contributed by atoms with Gasteiger partial charge < -0.3 is 24.4 Å². The predicted molar refractivity (Wildman–Crippen MR) is 135 cm³/mol. The first-order chi connectivity index (χ1) is 17.5. The lowest BCUT2D eigenvalue weighted by molar-refractivity contribution is 0.0777. The normalized spacial score (nSPS) is 19.9. The number of hydrogen-bond donors (Lipinski definition) is 2. The molecule has 5 rings (SSSR count). The molecule has 0 saturated carbocycles. The van der Waals surface area contributed by atoms with Gasteiger partial charge in [0.2, 0.25) is 0 Å². The number of carbonyl (C=O) groups excluding carboxylic acids is 1. The fourth-order valence-corrected chi connectivity index (χ4v) is 5.07. The second-order valence-electron chi connectivity index (χ2n) is 9.31. The van der Waals surface area contributed by atoms with Crippen molar-refractivity contribution in [3.63, 3.8) is 0 Å². The van der Waals surface area contributed by atoms with E-state index in [1.54, 1.807) is 12.1 Å². The van der Waals surface area contributed by atoms with Crippen molar-refractivity contribution in [2.24, 2.45) is 0 Å². The molecule has 7 heteroatoms. The highest BCUT2D eigenvalue weighted by Crippen LogP contribution is 2.47. The average molecular weight is 490 g/mol. The number of hydrogen-bond acceptors (Lipinski definition) is 7. The molecular formula is C29H31NO6. The lowest BCUT2D eigenvalue weighted by atomic mass is 9.80. The Kier molecular flexibility index (Phi) is 7.00. The van der Waals surface area contributed by atoms with Gasteiger partial charge in [0.25, 0.3) is 0 Å². The summed E-state index contributed by atoms with van der Waals surface area (Å²) >= 11 is 0. The minimum atomic E-state index is -0.705. The highest BCUT2D eigenvalue weighted by atomic mass is 16.5. The number of Topliss-reactive ketones (excluding diaryl/α,β-unsaturated/α-hetero) is 1. The molecular weight excluding hydrogens is 458 g/mol. The summed E-state index contributed by atoms with van der Waals surface area (Å²) in [5, 5.41) is 19.9. The summed E-state index contributed by atoms with van der Waals surface area (Å²) < 4.78 is 17.8. The van der Waals surface area contributed by atoms with E-state index in [0.29, 0.717) is 29.2 Å². The maximum atomic E-state index is 13.7. The molecule has 1 saturated heterocycles. The molecule has 0 radical (unpaired) electrons. The molecule has 2 aliphatic rings. The van der Waals surface area contributed by atoms with Gasteiger partial charge in [0, 0.05) is 24.2 Å². The van der Waals surface area contributed by atoms with Crippen LogP contribution in [-0.2, 0) is 0 Å². The molecule has 0 spiro atoms. The average Bonchev–Trinajstić information content (AvgIpc) is 2.90. The summed E-state index contributed by atoms with van der Waals surface area (Å²) in [5.74, 6) is 0.721. The number of phenolic OH excluding ortho intramolecular Hbond substituents is 2. The van der Waals surface area contributed by atoms with Gasteiger partial charge in [-0.05, 0) is 61.8 Å². The van der Waals surface area contributed by atoms with E-state index in [0.717, 1.165) is 30.9 Å². The van der Waals surface area contributed by atoms with Crippen LogP contribution in [0.1, 0.15) is 52.8 Å². The van der Waals surface area contributed by atoms with Crippen LogP contribution in [0.5, 0.6) is 28.7 Å². The fraction of sp³-hybridized carbons (Fsp3) is 0.345. The van der Waals surface area contributed by atoms with Crippen LogP contribution >= 0.6 is 0 Å². The Labute approximate surface area is 210 Å². The predicted octanol–water partition coefficient (Wildman–Crippen LogP) is 5.07. The fourth-order valence-electron chi connectivity index (χ4n) is 5.07. The molecule has 0 aromatic heterocycles. The van der Waals surface area contributed by atoms with Crippen LogP contribution in [0.3, 0.4) is 0 Å². The summed E-state index contributed by atoms with van der Waals surface area (Å²) in [6, 6.07) is 16.8. The number of ether oxygens (including phenoxy) is 3. The third-order valence-electron chi connectivity index (χ3n) is 6.96. The molecule has 3 aromatic rings. The van der Waals surface area contributed by atoms with E-state index in [2.05, 4.69) is 4.90 Å². The van der Waals surface area contributed by atoms with Crippen LogP contribution in [-0.4, -0.2) is 54.2 Å². The van der Waals surface area contributed by atoms with E-state index in [9.17, 15) is 15.0 Å². The zero-order valence-electron chi connectivity index (χ0n) is 20.4. The number of nitrogens with zero attached hydrogens (tertiary/aromatic N) is 1. The summed E-state index contributed by atoms with van der Waals surface area (Å²) in [4.78, 5) is 16.1. The third kappa shape index (κ3) is 4.97. The third-order valence-corrected chi connectivity index (χ3v) is 6.96. The number of likely N-dealkylation sites (tertiary alicyclic amines) is 1. The van der Waals surface area contributed by atoms with Gasteiger partial charge in [-0.25, -0.2) is 0 Å². The van der Waals surface area contributed by atoms with Crippen molar-refractivity contribution < 1.29 is 29.2 Å². The molecule has 2 N–H and O–H groups in total. The van der Waals surface area contributed by atoms with Crippen LogP contribution in [0, 0.1) is 0 Å². The molecule has 2 atom stereocenters. The topological polar surface area (TPSA) is 88.5 Å². The Hall–Kier alpha value is -3.71. The second kappa shape index (κ2) is 10.5. The summed E-state index contributed by atoms with van der Waals surface area (Å²) in [5.41, 5.74) is 1.80. The number of phenols is 2. The highest BCUT2D eigenvalue weighted by Gasteiger charge is 2.41. The molecule has 1 fully saturated rings. The van der Waals surface area contributed by atoms with Gasteiger partial charge >= 0.3 is 0 Å². The van der Waals surface area contributed by atoms with Crippen molar-refractivity contribution in [3.05, 3.63) is 77.4 Å². The van der Waals surface area contributed by atoms with Crippen molar-refractivity contribution in [1.82, 2.24) is 4.90 Å². The summed E-state index contributed by atoms with van der Waals surface area (Å²) in [6.45, 7) is 3.80. The zero-order chi connectivity index (χ0) is 25.1. The van der Waals surface area contributed by atoms with Gasteiger partial charge in [-0.15, -0.1) is 0 Å². The van der Waals surface area contributed by atoms with Crippen LogP contribution in [0.2, 0.25) is 0 Å². The van der Waals surface area contributed by atoms with Crippen LogP contribution in [0.4, 0.5) is 0 Å². The van der Waals surface area contributed by atoms with E-state index in [1.807, 2.05) is 24.3 Å². The van der Waals surface area contributed by atoms with Crippen LogP contribution < -0.4 is 14.2 Å². The van der Waals surface area contributed by atoms with E-state index in [-0.39, 0.29) is 17.3 Å². The second-order valence-corrected chi connectivity index (χ2v) is 9.31. The number of aromatic hydroxyl groups is 2. The summed E-state index contributed by atoms with van der Waals surface area (Å²) in [7, 11) is 1.50. The molecule has 0 bridgehead atoms. The molecule has 2 aliphatic heterocycles. The number of fused-ring (bicyclic) bond motifs is 1. The Morgan fingerprint density at radius 2 is 1.67 bits per heavy atom. The van der Waals surface area contributed by atoms with Crippen LogP contribution in [0.25, 0.3) is 0 Å². The molecule has 36 heavy (non-hydrogen) atoms. The highest BCUT2D eigenvalue weighted by molar-refractivity contribution is 6.05. The Morgan fingerprint density at radius 1 is 0.944 bits per heavy atom. The van der Waals surface area contributed by atoms with Crippen molar-refractivity contribution in [3.8, 4) is 28.7 Å². The maximum Gasteiger partial charge on any atom is 0.178 e. The molecule has 188 valence electrons. The minimum Gasteiger partial charge on any atom is -0.508 e. The van der Waals surface area contributed by atoms with Gasteiger partial charge in [-0.2, -0.15) is 0 Å². The number of benzene rings is 3. The van der Waals surface area contributed by atoms with Crippen LogP contribution in [0.15, 0.2) is 60.7 Å². The maximum absolute atomic E-state index is 13.7. The zero-order valence-corrected chi connectivity index (χ0v) is 20.4. The molecule has 0 aliphatic carbocycles. The van der Waals surface area contributed by atoms with Crippen molar-refractivity contribution >= 4 is 5.78 Å². The van der Waals surface area contributed by atoms with Gasteiger partial charge in [-0.1, -0.05) is 24.6 Å². The largest absolute Gasteiger partial charge is 0.508 e. The van der Waals surface area contributed by atoms with Gasteiger partial charge in [0.05, 0.1) is 18.6 Å². The summed E-state index contributed by atoms with van der Waals surface area (Å²) in [6.07, 6.45) is 3.16. The molecule has 0 amide bonds. The molecule has 0 unspecified atom stereocenters. The Balaban J connectivity index is 1.41. The van der Waals surface area contributed by atoms with Crippen molar-refractivity contribution in [2.75, 3.05) is 33.4 Å². The van der Waals surface area contributed by atoms with Crippen molar-refractivity contribution in [2.45, 2.75) is 31.3 Å². The SMILES string of the molecule is COc1cc(O)ccc1[C@@H]1C(=O)c2ccc(O)cc2O[C@@H]1c1ccc(OCCN2CCCCC2)cc1. The number of piperidine rings is 1. The first-order valence-corrected chi connectivity index (χ1v) is 12.4. The lowest BCUT2D eigenvalue weighted by Gasteiger charge is -2.34. The standard InChI is InChI=1S/C29H31NO6/c1-34-25-17-20(31)7-11-23(25)27-28(33)24-12-8-21(32)18-26(24)36-29(27)19-5-9-22(10-6-19)35-16-15-30-13-3-2-4-14-30/h5-12,17-18,27,29,31-32H,2-4,13-16H2,1H3/t27-,29-/m1/s1. The number of ketones is 1. The number of methoxy groups -OCH3 is 1. The number of rotatable bonds is 7. The van der Waals surface area contributed by atoms with E-state index in [1.165, 1.54) is 50.6 Å². The lowest BCUT2D eigenvalue weighted by Crippen LogP contribution is -2.33. The first kappa shape index (κ1) is 24.0. The monoisotopic (exact) mass is 489 g/mol. The molecule has 2 heterocycles.